The third-order valence-electron chi connectivity index (χ3n) is 2.27. The maximum atomic E-state index is 12.2. The van der Waals surface area contributed by atoms with Crippen LogP contribution in [-0.2, 0) is 6.54 Å². The lowest BCUT2D eigenvalue weighted by atomic mass is 9.96. The van der Waals surface area contributed by atoms with Gasteiger partial charge in [0.05, 0.1) is 23.5 Å². The Balaban J connectivity index is 2.82. The van der Waals surface area contributed by atoms with Crippen LogP contribution in [-0.4, -0.2) is 21.5 Å². The Hall–Kier alpha value is -1.54. The van der Waals surface area contributed by atoms with Crippen LogP contribution in [0.5, 0.6) is 0 Å². The molecule has 1 heterocycles. The van der Waals surface area contributed by atoms with Crippen molar-refractivity contribution in [2.24, 2.45) is 0 Å². The standard InChI is InChI=1S/C10H8BrF3N4/c1-16-9(6-15,2-3-10(12,13)14)7-18-5-8(11)4-17-18/h4-5H,2-3,7H2. The first kappa shape index (κ1) is 14.5. The number of halogens is 4. The Morgan fingerprint density at radius 1 is 1.50 bits per heavy atom. The lowest BCUT2D eigenvalue weighted by molar-refractivity contribution is -0.137. The van der Waals surface area contributed by atoms with Crippen LogP contribution in [0.15, 0.2) is 16.9 Å². The van der Waals surface area contributed by atoms with Gasteiger partial charge >= 0.3 is 11.7 Å². The summed E-state index contributed by atoms with van der Waals surface area (Å²) in [5.41, 5.74) is -1.74. The SMILES string of the molecule is [C-]#[N+]C(C#N)(CCC(F)(F)F)Cn1cc(Br)cn1. The van der Waals surface area contributed by atoms with E-state index in [1.54, 1.807) is 6.07 Å². The molecule has 8 heteroatoms. The number of hydrogen-bond donors (Lipinski definition) is 0. The van der Waals surface area contributed by atoms with Gasteiger partial charge in [0.2, 0.25) is 0 Å². The highest BCUT2D eigenvalue weighted by atomic mass is 79.9. The van der Waals surface area contributed by atoms with Crippen LogP contribution in [0.2, 0.25) is 0 Å². The molecule has 0 amide bonds. The molecule has 0 N–H and O–H groups in total. The molecule has 0 aliphatic heterocycles. The lowest BCUT2D eigenvalue weighted by Crippen LogP contribution is -2.31. The predicted molar refractivity (Wildman–Crippen MR) is 60.2 cm³/mol. The van der Waals surface area contributed by atoms with Crippen LogP contribution >= 0.6 is 15.9 Å². The highest BCUT2D eigenvalue weighted by molar-refractivity contribution is 9.10. The summed E-state index contributed by atoms with van der Waals surface area (Å²) in [6, 6.07) is 1.67. The Labute approximate surface area is 110 Å². The number of hydrogen-bond acceptors (Lipinski definition) is 2. The second-order valence-electron chi connectivity index (χ2n) is 3.73. The van der Waals surface area contributed by atoms with Crippen LogP contribution in [0.1, 0.15) is 12.8 Å². The fourth-order valence-electron chi connectivity index (χ4n) is 1.33. The molecule has 0 fully saturated rings. The van der Waals surface area contributed by atoms with E-state index >= 15 is 0 Å². The summed E-state index contributed by atoms with van der Waals surface area (Å²) >= 11 is 3.13. The van der Waals surface area contributed by atoms with E-state index in [1.165, 1.54) is 17.1 Å². The van der Waals surface area contributed by atoms with Gasteiger partial charge < -0.3 is 0 Å². The van der Waals surface area contributed by atoms with Crippen molar-refractivity contribution >= 4 is 15.9 Å². The first-order valence-corrected chi connectivity index (χ1v) is 5.64. The fourth-order valence-corrected chi connectivity index (χ4v) is 1.66. The van der Waals surface area contributed by atoms with Crippen molar-refractivity contribution < 1.29 is 13.2 Å². The topological polar surface area (TPSA) is 46.0 Å². The van der Waals surface area contributed by atoms with Gasteiger partial charge in [-0.15, -0.1) is 0 Å². The van der Waals surface area contributed by atoms with E-state index < -0.39 is 24.6 Å². The summed E-state index contributed by atoms with van der Waals surface area (Å²) in [6.07, 6.45) is -3.16. The summed E-state index contributed by atoms with van der Waals surface area (Å²) < 4.78 is 38.4. The molecule has 1 aromatic rings. The monoisotopic (exact) mass is 320 g/mol. The average Bonchev–Trinajstić information content (AvgIpc) is 2.69. The van der Waals surface area contributed by atoms with Crippen molar-refractivity contribution in [1.82, 2.24) is 9.78 Å². The number of rotatable bonds is 4. The van der Waals surface area contributed by atoms with Gasteiger partial charge in [0.1, 0.15) is 6.54 Å². The molecule has 0 bridgehead atoms. The van der Waals surface area contributed by atoms with Crippen molar-refractivity contribution in [3.63, 3.8) is 0 Å². The zero-order chi connectivity index (χ0) is 13.8. The molecule has 1 unspecified atom stereocenters. The predicted octanol–water partition coefficient (Wildman–Crippen LogP) is 3.17. The van der Waals surface area contributed by atoms with E-state index in [9.17, 15) is 13.2 Å². The van der Waals surface area contributed by atoms with Gasteiger partial charge in [0.15, 0.2) is 6.07 Å². The molecule has 18 heavy (non-hydrogen) atoms. The van der Waals surface area contributed by atoms with Gasteiger partial charge in [-0.25, -0.2) is 6.57 Å². The zero-order valence-electron chi connectivity index (χ0n) is 9.08. The molecule has 0 saturated carbocycles. The molecule has 0 aromatic carbocycles. The van der Waals surface area contributed by atoms with Gasteiger partial charge in [-0.05, 0) is 15.9 Å². The second-order valence-corrected chi connectivity index (χ2v) is 4.64. The van der Waals surface area contributed by atoms with Crippen molar-refractivity contribution in [2.45, 2.75) is 31.1 Å². The second kappa shape index (κ2) is 5.40. The number of alkyl halides is 3. The van der Waals surface area contributed by atoms with E-state index in [2.05, 4.69) is 25.9 Å². The Kier molecular flexibility index (Phi) is 4.36. The van der Waals surface area contributed by atoms with E-state index in [0.29, 0.717) is 4.47 Å². The molecule has 1 aromatic heterocycles. The van der Waals surface area contributed by atoms with Gasteiger partial charge in [0.25, 0.3) is 0 Å². The highest BCUT2D eigenvalue weighted by Gasteiger charge is 2.42. The molecular formula is C10H8BrF3N4. The summed E-state index contributed by atoms with van der Waals surface area (Å²) in [4.78, 5) is 3.06. The van der Waals surface area contributed by atoms with Crippen molar-refractivity contribution in [3.8, 4) is 6.07 Å². The van der Waals surface area contributed by atoms with E-state index in [0.717, 1.165) is 0 Å². The van der Waals surface area contributed by atoms with E-state index in [1.807, 2.05) is 0 Å². The summed E-state index contributed by atoms with van der Waals surface area (Å²) in [5, 5.41) is 12.8. The van der Waals surface area contributed by atoms with Crippen LogP contribution in [0.4, 0.5) is 13.2 Å². The largest absolute Gasteiger partial charge is 0.389 e. The molecule has 0 radical (unpaired) electrons. The van der Waals surface area contributed by atoms with Crippen LogP contribution in [0.25, 0.3) is 4.85 Å². The number of nitriles is 1. The quantitative estimate of drug-likeness (QED) is 0.800. The summed E-state index contributed by atoms with van der Waals surface area (Å²) in [6.45, 7) is 6.77. The van der Waals surface area contributed by atoms with Crippen LogP contribution < -0.4 is 0 Å². The molecule has 0 saturated heterocycles. The molecule has 0 spiro atoms. The van der Waals surface area contributed by atoms with Crippen LogP contribution in [0.3, 0.4) is 0 Å². The molecular weight excluding hydrogens is 313 g/mol. The van der Waals surface area contributed by atoms with E-state index in [-0.39, 0.29) is 6.54 Å². The minimum Gasteiger partial charge on any atom is -0.292 e. The molecule has 0 aliphatic carbocycles. The number of nitrogens with zero attached hydrogens (tertiary/aromatic N) is 4. The first-order chi connectivity index (χ1) is 8.30. The van der Waals surface area contributed by atoms with Gasteiger partial charge in [0, 0.05) is 6.20 Å². The third kappa shape index (κ3) is 4.04. The molecule has 0 aliphatic rings. The normalized spacial score (nSPS) is 14.6. The van der Waals surface area contributed by atoms with Gasteiger partial charge in [-0.3, -0.25) is 9.53 Å². The molecule has 1 atom stereocenters. The smallest absolute Gasteiger partial charge is 0.292 e. The maximum absolute atomic E-state index is 12.2. The average molecular weight is 321 g/mol. The Bertz CT molecular complexity index is 480. The maximum Gasteiger partial charge on any atom is 0.389 e. The zero-order valence-corrected chi connectivity index (χ0v) is 10.7. The Morgan fingerprint density at radius 2 is 2.17 bits per heavy atom. The van der Waals surface area contributed by atoms with Crippen LogP contribution in [0, 0.1) is 17.9 Å². The summed E-state index contributed by atoms with van der Waals surface area (Å²) in [5.74, 6) is 0. The van der Waals surface area contributed by atoms with Crippen molar-refractivity contribution in [3.05, 3.63) is 28.3 Å². The molecule has 96 valence electrons. The minimum atomic E-state index is -4.38. The lowest BCUT2D eigenvalue weighted by Gasteiger charge is -2.15. The summed E-state index contributed by atoms with van der Waals surface area (Å²) in [7, 11) is 0. The van der Waals surface area contributed by atoms with Crippen molar-refractivity contribution in [1.29, 1.82) is 5.26 Å². The number of aromatic nitrogens is 2. The highest BCUT2D eigenvalue weighted by Crippen LogP contribution is 2.29. The van der Waals surface area contributed by atoms with Gasteiger partial charge in [-0.1, -0.05) is 0 Å². The first-order valence-electron chi connectivity index (χ1n) is 4.85. The van der Waals surface area contributed by atoms with Gasteiger partial charge in [-0.2, -0.15) is 23.5 Å². The third-order valence-corrected chi connectivity index (χ3v) is 2.68. The molecule has 4 nitrogen and oxygen atoms in total. The minimum absolute atomic E-state index is 0.186. The fraction of sp³-hybridized carbons (Fsp3) is 0.500. The van der Waals surface area contributed by atoms with Crippen molar-refractivity contribution in [2.75, 3.05) is 0 Å². The molecule has 1 rings (SSSR count). The Morgan fingerprint density at radius 3 is 2.56 bits per heavy atom. The van der Waals surface area contributed by atoms with E-state index in [4.69, 9.17) is 11.8 Å².